The zero-order valence-corrected chi connectivity index (χ0v) is 16.2. The van der Waals surface area contributed by atoms with E-state index in [0.29, 0.717) is 19.0 Å². The summed E-state index contributed by atoms with van der Waals surface area (Å²) in [6.07, 6.45) is 4.32. The van der Waals surface area contributed by atoms with Gasteiger partial charge in [0.05, 0.1) is 9.92 Å². The lowest BCUT2D eigenvalue weighted by Gasteiger charge is -2.37. The Balaban J connectivity index is 1.58. The van der Waals surface area contributed by atoms with Crippen molar-refractivity contribution in [2.24, 2.45) is 11.8 Å². The minimum atomic E-state index is -3.60. The summed E-state index contributed by atoms with van der Waals surface area (Å²) in [6.45, 7) is 6.73. The molecule has 0 aliphatic carbocycles. The molecule has 0 spiro atoms. The highest BCUT2D eigenvalue weighted by Crippen LogP contribution is 2.27. The monoisotopic (exact) mass is 388 g/mol. The van der Waals surface area contributed by atoms with E-state index < -0.39 is 15.8 Å². The Kier molecular flexibility index (Phi) is 6.03. The molecule has 2 fully saturated rings. The van der Waals surface area contributed by atoms with E-state index in [9.17, 15) is 12.8 Å². The van der Waals surface area contributed by atoms with E-state index in [1.807, 2.05) is 0 Å². The second kappa shape index (κ2) is 7.91. The summed E-state index contributed by atoms with van der Waals surface area (Å²) in [6, 6.07) is 3.60. The van der Waals surface area contributed by atoms with Crippen LogP contribution >= 0.6 is 11.6 Å². The first-order valence-electron chi connectivity index (χ1n) is 9.04. The Labute approximate surface area is 155 Å². The molecule has 0 aromatic heterocycles. The standard InChI is InChI=1S/C18H26ClFN2O2S/c1-14-3-2-8-21(12-14)13-15-6-9-22(10-7-15)25(23,24)16-4-5-18(20)17(19)11-16/h4-5,11,14-15H,2-3,6-10,12-13H2,1H3/t14-/m0/s1. The van der Waals surface area contributed by atoms with E-state index in [4.69, 9.17) is 11.6 Å². The van der Waals surface area contributed by atoms with Crippen LogP contribution in [0.3, 0.4) is 0 Å². The van der Waals surface area contributed by atoms with E-state index in [0.717, 1.165) is 44.5 Å². The normalized spacial score (nSPS) is 24.5. The number of nitrogens with zero attached hydrogens (tertiary/aromatic N) is 2. The SMILES string of the molecule is C[C@H]1CCCN(CC2CCN(S(=O)(=O)c3ccc(F)c(Cl)c3)CC2)C1. The molecule has 0 radical (unpaired) electrons. The third kappa shape index (κ3) is 4.54. The third-order valence-electron chi connectivity index (χ3n) is 5.36. The Morgan fingerprint density at radius 2 is 1.92 bits per heavy atom. The van der Waals surface area contributed by atoms with Crippen molar-refractivity contribution in [1.29, 1.82) is 0 Å². The molecule has 2 aliphatic heterocycles. The lowest BCUT2D eigenvalue weighted by atomic mass is 9.94. The second-order valence-corrected chi connectivity index (χ2v) is 9.78. The van der Waals surface area contributed by atoms with Gasteiger partial charge in [0.2, 0.25) is 10.0 Å². The number of likely N-dealkylation sites (tertiary alicyclic amines) is 1. The molecular formula is C18H26ClFN2O2S. The van der Waals surface area contributed by atoms with Crippen molar-refractivity contribution >= 4 is 21.6 Å². The molecule has 25 heavy (non-hydrogen) atoms. The minimum Gasteiger partial charge on any atom is -0.303 e. The number of sulfonamides is 1. The van der Waals surface area contributed by atoms with Crippen LogP contribution < -0.4 is 0 Å². The topological polar surface area (TPSA) is 40.6 Å². The van der Waals surface area contributed by atoms with Gasteiger partial charge >= 0.3 is 0 Å². The van der Waals surface area contributed by atoms with Gasteiger partial charge in [0.1, 0.15) is 5.82 Å². The van der Waals surface area contributed by atoms with Gasteiger partial charge in [-0.25, -0.2) is 12.8 Å². The lowest BCUT2D eigenvalue weighted by Crippen LogP contribution is -2.43. The highest BCUT2D eigenvalue weighted by atomic mass is 35.5. The summed E-state index contributed by atoms with van der Waals surface area (Å²) < 4.78 is 40.2. The number of hydrogen-bond acceptors (Lipinski definition) is 3. The highest BCUT2D eigenvalue weighted by molar-refractivity contribution is 7.89. The summed E-state index contributed by atoms with van der Waals surface area (Å²) in [5, 5.41) is -0.157. The summed E-state index contributed by atoms with van der Waals surface area (Å²) in [5.41, 5.74) is 0. The maximum atomic E-state index is 13.3. The Morgan fingerprint density at radius 1 is 1.20 bits per heavy atom. The predicted molar refractivity (Wildman–Crippen MR) is 97.7 cm³/mol. The zero-order chi connectivity index (χ0) is 18.0. The minimum absolute atomic E-state index is 0.0715. The van der Waals surface area contributed by atoms with Crippen molar-refractivity contribution in [1.82, 2.24) is 9.21 Å². The molecule has 2 saturated heterocycles. The Hall–Kier alpha value is -0.690. The van der Waals surface area contributed by atoms with Crippen LogP contribution in [0.2, 0.25) is 5.02 Å². The van der Waals surface area contributed by atoms with Crippen LogP contribution in [0.1, 0.15) is 32.6 Å². The fourth-order valence-corrected chi connectivity index (χ4v) is 5.68. The summed E-state index contributed by atoms with van der Waals surface area (Å²) in [4.78, 5) is 2.60. The van der Waals surface area contributed by atoms with Crippen LogP contribution in [0, 0.1) is 17.7 Å². The van der Waals surface area contributed by atoms with Gasteiger partial charge in [-0.3, -0.25) is 0 Å². The van der Waals surface area contributed by atoms with Crippen molar-refractivity contribution in [3.8, 4) is 0 Å². The first-order chi connectivity index (χ1) is 11.9. The van der Waals surface area contributed by atoms with Crippen LogP contribution in [0.15, 0.2) is 23.1 Å². The maximum Gasteiger partial charge on any atom is 0.243 e. The van der Waals surface area contributed by atoms with Crippen molar-refractivity contribution in [3.63, 3.8) is 0 Å². The first kappa shape index (κ1) is 19.1. The van der Waals surface area contributed by atoms with Gasteiger partial charge in [-0.2, -0.15) is 4.31 Å². The fraction of sp³-hybridized carbons (Fsp3) is 0.667. The van der Waals surface area contributed by atoms with Gasteiger partial charge < -0.3 is 4.90 Å². The van der Waals surface area contributed by atoms with Crippen molar-refractivity contribution in [3.05, 3.63) is 29.0 Å². The van der Waals surface area contributed by atoms with Crippen LogP contribution in [-0.2, 0) is 10.0 Å². The summed E-state index contributed by atoms with van der Waals surface area (Å²) in [7, 11) is -3.60. The zero-order valence-electron chi connectivity index (χ0n) is 14.6. The van der Waals surface area contributed by atoms with Gasteiger partial charge in [-0.05, 0) is 62.3 Å². The summed E-state index contributed by atoms with van der Waals surface area (Å²) >= 11 is 5.74. The molecule has 0 amide bonds. The maximum absolute atomic E-state index is 13.3. The molecule has 2 aliphatic rings. The lowest BCUT2D eigenvalue weighted by molar-refractivity contribution is 0.136. The van der Waals surface area contributed by atoms with Gasteiger partial charge in [0.25, 0.3) is 0 Å². The average molecular weight is 389 g/mol. The average Bonchev–Trinajstić information content (AvgIpc) is 2.58. The fourth-order valence-electron chi connectivity index (χ4n) is 3.94. The van der Waals surface area contributed by atoms with E-state index in [1.54, 1.807) is 0 Å². The molecule has 0 saturated carbocycles. The smallest absolute Gasteiger partial charge is 0.243 e. The van der Waals surface area contributed by atoms with E-state index in [-0.39, 0.29) is 9.92 Å². The first-order valence-corrected chi connectivity index (χ1v) is 10.9. The van der Waals surface area contributed by atoms with Gasteiger partial charge in [-0.15, -0.1) is 0 Å². The number of hydrogen-bond donors (Lipinski definition) is 0. The Bertz CT molecular complexity index is 705. The van der Waals surface area contributed by atoms with Crippen molar-refractivity contribution in [2.75, 3.05) is 32.7 Å². The van der Waals surface area contributed by atoms with Crippen LogP contribution in [0.25, 0.3) is 0 Å². The number of piperidine rings is 2. The highest BCUT2D eigenvalue weighted by Gasteiger charge is 2.31. The number of halogens is 2. The Morgan fingerprint density at radius 3 is 2.56 bits per heavy atom. The van der Waals surface area contributed by atoms with E-state index >= 15 is 0 Å². The quantitative estimate of drug-likeness (QED) is 0.791. The number of benzene rings is 1. The second-order valence-electron chi connectivity index (χ2n) is 7.43. The van der Waals surface area contributed by atoms with Crippen molar-refractivity contribution in [2.45, 2.75) is 37.5 Å². The largest absolute Gasteiger partial charge is 0.303 e. The van der Waals surface area contributed by atoms with E-state index in [1.165, 1.54) is 29.3 Å². The van der Waals surface area contributed by atoms with E-state index in [2.05, 4.69) is 11.8 Å². The number of rotatable bonds is 4. The molecule has 0 unspecified atom stereocenters. The van der Waals surface area contributed by atoms with Crippen LogP contribution in [-0.4, -0.2) is 50.3 Å². The molecular weight excluding hydrogens is 363 g/mol. The van der Waals surface area contributed by atoms with Gasteiger partial charge in [0.15, 0.2) is 0 Å². The molecule has 0 N–H and O–H groups in total. The van der Waals surface area contributed by atoms with Gasteiger partial charge in [-0.1, -0.05) is 18.5 Å². The molecule has 140 valence electrons. The molecule has 1 aromatic rings. The third-order valence-corrected chi connectivity index (χ3v) is 7.54. The predicted octanol–water partition coefficient (Wildman–Crippen LogP) is 3.61. The summed E-state index contributed by atoms with van der Waals surface area (Å²) in [5.74, 6) is 0.709. The van der Waals surface area contributed by atoms with Crippen LogP contribution in [0.5, 0.6) is 0 Å². The van der Waals surface area contributed by atoms with Gasteiger partial charge in [0, 0.05) is 26.2 Å². The molecule has 4 nitrogen and oxygen atoms in total. The van der Waals surface area contributed by atoms with Crippen molar-refractivity contribution < 1.29 is 12.8 Å². The molecule has 1 aromatic carbocycles. The molecule has 0 bridgehead atoms. The molecule has 7 heteroatoms. The molecule has 1 atom stereocenters. The molecule has 3 rings (SSSR count). The van der Waals surface area contributed by atoms with Crippen LogP contribution in [0.4, 0.5) is 4.39 Å². The molecule has 2 heterocycles.